The van der Waals surface area contributed by atoms with Gasteiger partial charge in [0.05, 0.1) is 17.8 Å². The summed E-state index contributed by atoms with van der Waals surface area (Å²) in [6.45, 7) is 1.69. The van der Waals surface area contributed by atoms with Crippen molar-refractivity contribution in [3.8, 4) is 11.5 Å². The number of alkyl halides is 4. The molecule has 0 spiro atoms. The van der Waals surface area contributed by atoms with Crippen molar-refractivity contribution in [2.75, 3.05) is 0 Å². The number of halogens is 6. The molecule has 32 heavy (non-hydrogen) atoms. The summed E-state index contributed by atoms with van der Waals surface area (Å²) in [5.41, 5.74) is 4.24. The van der Waals surface area contributed by atoms with E-state index in [1.165, 1.54) is 36.4 Å². The molecule has 3 rings (SSSR count). The first-order valence-electron chi connectivity index (χ1n) is 8.84. The van der Waals surface area contributed by atoms with Gasteiger partial charge in [0, 0.05) is 18.0 Å². The molecule has 0 aliphatic heterocycles. The zero-order valence-corrected chi connectivity index (χ0v) is 18.5. The minimum absolute atomic E-state index is 0.0257. The standard InChI is InChI=1S/C19H14Cl3F3N6O/c1-18(22,12-3-2-10(19(23,24)25)8-11(12)16(26)32)15-14(27-5-6-28-15)17-29-9-31(30-17)7-4-13(20)21/h2-6,8-9H,7H2,1H3,(H2,26,32). The summed E-state index contributed by atoms with van der Waals surface area (Å²) in [5, 5.41) is 4.27. The van der Waals surface area contributed by atoms with Gasteiger partial charge in [-0.05, 0) is 30.7 Å². The molecule has 168 valence electrons. The highest BCUT2D eigenvalue weighted by molar-refractivity contribution is 6.55. The molecule has 1 atom stereocenters. The SMILES string of the molecule is CC(Cl)(c1ccc(C(F)(F)F)cc1C(N)=O)c1nccnc1-c1ncn(CC=C(Cl)Cl)n1. The van der Waals surface area contributed by atoms with Crippen LogP contribution in [0.2, 0.25) is 0 Å². The average molecular weight is 506 g/mol. The van der Waals surface area contributed by atoms with Gasteiger partial charge in [-0.25, -0.2) is 14.6 Å². The molecule has 0 saturated carbocycles. The number of rotatable bonds is 6. The fourth-order valence-electron chi connectivity index (χ4n) is 2.96. The number of allylic oxidation sites excluding steroid dienone is 1. The highest BCUT2D eigenvalue weighted by Crippen LogP contribution is 2.41. The molecule has 0 saturated heterocycles. The number of carbonyl (C=O) groups is 1. The van der Waals surface area contributed by atoms with Gasteiger partial charge in [-0.2, -0.15) is 13.2 Å². The molecule has 0 radical (unpaired) electrons. The third-order valence-corrected chi connectivity index (χ3v) is 5.13. The highest BCUT2D eigenvalue weighted by Gasteiger charge is 2.38. The summed E-state index contributed by atoms with van der Waals surface area (Å²) < 4.78 is 40.9. The Hall–Kier alpha value is -2.69. The van der Waals surface area contributed by atoms with Crippen LogP contribution in [0.3, 0.4) is 0 Å². The molecule has 2 heterocycles. The monoisotopic (exact) mass is 504 g/mol. The summed E-state index contributed by atoms with van der Waals surface area (Å²) in [6.07, 6.45) is 0.955. The molecule has 1 amide bonds. The maximum absolute atomic E-state index is 13.1. The van der Waals surface area contributed by atoms with Crippen LogP contribution in [0, 0.1) is 0 Å². The minimum atomic E-state index is -4.67. The lowest BCUT2D eigenvalue weighted by Crippen LogP contribution is -2.26. The molecule has 0 aliphatic carbocycles. The third kappa shape index (κ3) is 5.03. The topological polar surface area (TPSA) is 99.6 Å². The van der Waals surface area contributed by atoms with Crippen molar-refractivity contribution in [3.05, 3.63) is 69.9 Å². The van der Waals surface area contributed by atoms with Crippen LogP contribution in [0.1, 0.15) is 34.1 Å². The fourth-order valence-corrected chi connectivity index (χ4v) is 3.40. The number of hydrogen-bond donors (Lipinski definition) is 1. The zero-order valence-electron chi connectivity index (χ0n) is 16.2. The summed E-state index contributed by atoms with van der Waals surface area (Å²) in [5.74, 6) is -0.929. The molecule has 0 aliphatic rings. The number of carbonyl (C=O) groups excluding carboxylic acids is 1. The predicted molar refractivity (Wildman–Crippen MR) is 113 cm³/mol. The number of nitrogens with two attached hydrogens (primary N) is 1. The van der Waals surface area contributed by atoms with Crippen molar-refractivity contribution in [2.24, 2.45) is 5.73 Å². The van der Waals surface area contributed by atoms with Crippen molar-refractivity contribution >= 4 is 40.7 Å². The van der Waals surface area contributed by atoms with E-state index >= 15 is 0 Å². The Bertz CT molecular complexity index is 1190. The number of benzene rings is 1. The number of aromatic nitrogens is 5. The third-order valence-electron chi connectivity index (χ3n) is 4.44. The van der Waals surface area contributed by atoms with E-state index in [2.05, 4.69) is 20.1 Å². The van der Waals surface area contributed by atoms with Crippen molar-refractivity contribution in [1.29, 1.82) is 0 Å². The van der Waals surface area contributed by atoms with Crippen LogP contribution in [0.25, 0.3) is 11.5 Å². The van der Waals surface area contributed by atoms with E-state index in [4.69, 9.17) is 40.5 Å². The summed E-state index contributed by atoms with van der Waals surface area (Å²) >= 11 is 18.0. The van der Waals surface area contributed by atoms with Gasteiger partial charge in [-0.3, -0.25) is 9.78 Å². The smallest absolute Gasteiger partial charge is 0.366 e. The lowest BCUT2D eigenvalue weighted by molar-refractivity contribution is -0.137. The minimum Gasteiger partial charge on any atom is -0.366 e. The first-order valence-corrected chi connectivity index (χ1v) is 9.97. The Morgan fingerprint density at radius 3 is 2.50 bits per heavy atom. The highest BCUT2D eigenvalue weighted by atomic mass is 35.5. The predicted octanol–water partition coefficient (Wildman–Crippen LogP) is 4.67. The van der Waals surface area contributed by atoms with Crippen LogP contribution >= 0.6 is 34.8 Å². The molecule has 13 heteroatoms. The van der Waals surface area contributed by atoms with Crippen LogP contribution < -0.4 is 5.73 Å². The Balaban J connectivity index is 2.11. The largest absolute Gasteiger partial charge is 0.416 e. The van der Waals surface area contributed by atoms with E-state index in [9.17, 15) is 18.0 Å². The van der Waals surface area contributed by atoms with Gasteiger partial charge in [0.2, 0.25) is 11.7 Å². The zero-order chi connectivity index (χ0) is 23.7. The maximum Gasteiger partial charge on any atom is 0.416 e. The molecule has 1 aromatic carbocycles. The van der Waals surface area contributed by atoms with Gasteiger partial charge >= 0.3 is 6.18 Å². The Morgan fingerprint density at radius 1 is 1.19 bits per heavy atom. The summed E-state index contributed by atoms with van der Waals surface area (Å²) in [7, 11) is 0. The van der Waals surface area contributed by atoms with E-state index < -0.39 is 28.1 Å². The van der Waals surface area contributed by atoms with E-state index in [0.29, 0.717) is 6.07 Å². The molecule has 0 bridgehead atoms. The van der Waals surface area contributed by atoms with Gasteiger partial charge in [-0.15, -0.1) is 16.7 Å². The van der Waals surface area contributed by atoms with Crippen LogP contribution in [0.4, 0.5) is 13.2 Å². The number of hydrogen-bond acceptors (Lipinski definition) is 5. The average Bonchev–Trinajstić information content (AvgIpc) is 3.20. The quantitative estimate of drug-likeness (QED) is 0.491. The molecule has 2 N–H and O–H groups in total. The lowest BCUT2D eigenvalue weighted by Gasteiger charge is -2.26. The molecule has 0 fully saturated rings. The molecule has 3 aromatic rings. The van der Waals surface area contributed by atoms with Crippen molar-refractivity contribution in [2.45, 2.75) is 24.5 Å². The van der Waals surface area contributed by atoms with E-state index in [0.717, 1.165) is 12.1 Å². The van der Waals surface area contributed by atoms with E-state index in [-0.39, 0.29) is 33.8 Å². The first kappa shape index (κ1) is 24.0. The first-order chi connectivity index (χ1) is 14.9. The van der Waals surface area contributed by atoms with Gasteiger partial charge in [0.1, 0.15) is 21.4 Å². The molecule has 2 aromatic heterocycles. The fraction of sp³-hybridized carbons (Fsp3) is 0.211. The van der Waals surface area contributed by atoms with Crippen molar-refractivity contribution in [1.82, 2.24) is 24.7 Å². The second-order valence-electron chi connectivity index (χ2n) is 6.66. The Morgan fingerprint density at radius 2 is 1.88 bits per heavy atom. The van der Waals surface area contributed by atoms with Gasteiger partial charge in [0.15, 0.2) is 0 Å². The van der Waals surface area contributed by atoms with E-state index in [1.54, 1.807) is 0 Å². The Kier molecular flexibility index (Phi) is 6.77. The maximum atomic E-state index is 13.1. The number of nitrogens with zero attached hydrogens (tertiary/aromatic N) is 5. The molecule has 7 nitrogen and oxygen atoms in total. The Labute approximate surface area is 195 Å². The van der Waals surface area contributed by atoms with Crippen molar-refractivity contribution < 1.29 is 18.0 Å². The molecule has 1 unspecified atom stereocenters. The number of primary amides is 1. The van der Waals surface area contributed by atoms with Gasteiger partial charge in [-0.1, -0.05) is 29.3 Å². The molecular formula is C19H14Cl3F3N6O. The van der Waals surface area contributed by atoms with Crippen LogP contribution in [0.5, 0.6) is 0 Å². The van der Waals surface area contributed by atoms with Crippen LogP contribution in [-0.2, 0) is 17.6 Å². The van der Waals surface area contributed by atoms with Crippen LogP contribution in [-0.4, -0.2) is 30.6 Å². The number of amides is 1. The normalized spacial score (nSPS) is 13.5. The van der Waals surface area contributed by atoms with Gasteiger partial charge < -0.3 is 5.73 Å². The summed E-state index contributed by atoms with van der Waals surface area (Å²) in [6, 6.07) is 2.56. The molecular weight excluding hydrogens is 492 g/mol. The van der Waals surface area contributed by atoms with Gasteiger partial charge in [0.25, 0.3) is 0 Å². The second-order valence-corrected chi connectivity index (χ2v) is 8.43. The van der Waals surface area contributed by atoms with E-state index in [1.807, 2.05) is 0 Å². The van der Waals surface area contributed by atoms with Crippen molar-refractivity contribution in [3.63, 3.8) is 0 Å². The summed E-state index contributed by atoms with van der Waals surface area (Å²) in [4.78, 5) is 23.0. The second kappa shape index (κ2) is 9.05. The van der Waals surface area contributed by atoms with Crippen LogP contribution in [0.15, 0.2) is 47.5 Å². The lowest BCUT2D eigenvalue weighted by atomic mass is 9.89.